The average molecular weight is 212 g/mol. The van der Waals surface area contributed by atoms with Crippen molar-refractivity contribution in [1.82, 2.24) is 4.90 Å². The number of nitriles is 1. The van der Waals surface area contributed by atoms with Crippen LogP contribution < -0.4 is 0 Å². The maximum absolute atomic E-state index is 9.13. The molecule has 0 saturated carbocycles. The molecule has 2 heteroatoms. The zero-order valence-corrected chi connectivity index (χ0v) is 9.50. The SMILES string of the molecule is C[C@H](c1ccccc1)N1CC=CCC1C#N. The van der Waals surface area contributed by atoms with E-state index in [1.54, 1.807) is 0 Å². The van der Waals surface area contributed by atoms with Gasteiger partial charge in [-0.3, -0.25) is 4.90 Å². The highest BCUT2D eigenvalue weighted by atomic mass is 15.2. The van der Waals surface area contributed by atoms with E-state index >= 15 is 0 Å². The summed E-state index contributed by atoms with van der Waals surface area (Å²) in [6.45, 7) is 3.03. The van der Waals surface area contributed by atoms with Gasteiger partial charge in [-0.15, -0.1) is 0 Å². The van der Waals surface area contributed by atoms with Gasteiger partial charge in [-0.1, -0.05) is 42.5 Å². The van der Waals surface area contributed by atoms with E-state index in [1.807, 2.05) is 18.2 Å². The Bertz CT molecular complexity index is 402. The summed E-state index contributed by atoms with van der Waals surface area (Å²) in [5.74, 6) is 0. The molecule has 0 N–H and O–H groups in total. The fraction of sp³-hybridized carbons (Fsp3) is 0.357. The molecule has 0 bridgehead atoms. The second kappa shape index (κ2) is 4.96. The number of benzene rings is 1. The van der Waals surface area contributed by atoms with Gasteiger partial charge in [0.05, 0.1) is 6.07 Å². The van der Waals surface area contributed by atoms with Crippen LogP contribution in [-0.2, 0) is 0 Å². The van der Waals surface area contributed by atoms with Crippen molar-refractivity contribution in [3.63, 3.8) is 0 Å². The minimum atomic E-state index is 0.0141. The maximum atomic E-state index is 9.13. The van der Waals surface area contributed by atoms with Crippen molar-refractivity contribution >= 4 is 0 Å². The van der Waals surface area contributed by atoms with Crippen LogP contribution in [0, 0.1) is 11.3 Å². The van der Waals surface area contributed by atoms with E-state index < -0.39 is 0 Å². The molecule has 0 amide bonds. The first-order valence-corrected chi connectivity index (χ1v) is 5.68. The van der Waals surface area contributed by atoms with Crippen LogP contribution in [0.2, 0.25) is 0 Å². The fourth-order valence-corrected chi connectivity index (χ4v) is 2.16. The minimum Gasteiger partial charge on any atom is -0.277 e. The molecule has 2 rings (SSSR count). The topological polar surface area (TPSA) is 27.0 Å². The monoisotopic (exact) mass is 212 g/mol. The Balaban J connectivity index is 2.18. The lowest BCUT2D eigenvalue weighted by atomic mass is 10.0. The summed E-state index contributed by atoms with van der Waals surface area (Å²) in [6.07, 6.45) is 5.09. The summed E-state index contributed by atoms with van der Waals surface area (Å²) in [5, 5.41) is 9.13. The largest absolute Gasteiger partial charge is 0.277 e. The van der Waals surface area contributed by atoms with Gasteiger partial charge in [0.25, 0.3) is 0 Å². The number of hydrogen-bond donors (Lipinski definition) is 0. The number of rotatable bonds is 2. The molecule has 0 aromatic heterocycles. The van der Waals surface area contributed by atoms with Crippen molar-refractivity contribution in [3.05, 3.63) is 48.0 Å². The van der Waals surface area contributed by atoms with Crippen LogP contribution in [0.5, 0.6) is 0 Å². The Hall–Kier alpha value is -1.59. The standard InChI is InChI=1S/C14H16N2/c1-12(13-7-3-2-4-8-13)16-10-6-5-9-14(16)11-15/h2-8,12,14H,9-10H2,1H3/t12-,14?/m1/s1. The molecule has 2 nitrogen and oxygen atoms in total. The van der Waals surface area contributed by atoms with E-state index in [1.165, 1.54) is 5.56 Å². The predicted octanol–water partition coefficient (Wildman–Crippen LogP) is 2.90. The van der Waals surface area contributed by atoms with Crippen LogP contribution >= 0.6 is 0 Å². The van der Waals surface area contributed by atoms with Gasteiger partial charge < -0.3 is 0 Å². The molecule has 1 aromatic rings. The third-order valence-electron chi connectivity index (χ3n) is 3.17. The fourth-order valence-electron chi connectivity index (χ4n) is 2.16. The Morgan fingerprint density at radius 3 is 2.75 bits per heavy atom. The molecule has 1 aliphatic rings. The Morgan fingerprint density at radius 1 is 1.31 bits per heavy atom. The lowest BCUT2D eigenvalue weighted by molar-refractivity contribution is 0.189. The smallest absolute Gasteiger partial charge is 0.102 e. The third-order valence-corrected chi connectivity index (χ3v) is 3.17. The number of hydrogen-bond acceptors (Lipinski definition) is 2. The molecular formula is C14H16N2. The van der Waals surface area contributed by atoms with Gasteiger partial charge in [0.2, 0.25) is 0 Å². The quantitative estimate of drug-likeness (QED) is 0.705. The van der Waals surface area contributed by atoms with Crippen LogP contribution in [0.25, 0.3) is 0 Å². The lowest BCUT2D eigenvalue weighted by Crippen LogP contribution is -2.38. The average Bonchev–Trinajstić information content (AvgIpc) is 2.39. The molecule has 1 aromatic carbocycles. The van der Waals surface area contributed by atoms with Crippen molar-refractivity contribution < 1.29 is 0 Å². The predicted molar refractivity (Wildman–Crippen MR) is 64.7 cm³/mol. The Labute approximate surface area is 96.8 Å². The lowest BCUT2D eigenvalue weighted by Gasteiger charge is -2.34. The molecule has 0 aliphatic carbocycles. The first-order valence-electron chi connectivity index (χ1n) is 5.68. The Kier molecular flexibility index (Phi) is 3.38. The van der Waals surface area contributed by atoms with Crippen LogP contribution in [-0.4, -0.2) is 17.5 Å². The molecule has 1 heterocycles. The van der Waals surface area contributed by atoms with Gasteiger partial charge in [0.15, 0.2) is 0 Å². The molecule has 0 spiro atoms. The van der Waals surface area contributed by atoms with Crippen molar-refractivity contribution in [1.29, 1.82) is 5.26 Å². The number of nitrogens with zero attached hydrogens (tertiary/aromatic N) is 2. The first-order chi connectivity index (χ1) is 7.83. The highest BCUT2D eigenvalue weighted by Crippen LogP contribution is 2.25. The summed E-state index contributed by atoms with van der Waals surface area (Å²) in [4.78, 5) is 2.25. The van der Waals surface area contributed by atoms with E-state index in [0.717, 1.165) is 13.0 Å². The van der Waals surface area contributed by atoms with Gasteiger partial charge in [0, 0.05) is 12.6 Å². The molecule has 1 unspecified atom stereocenters. The van der Waals surface area contributed by atoms with E-state index in [-0.39, 0.29) is 6.04 Å². The van der Waals surface area contributed by atoms with Crippen LogP contribution in [0.4, 0.5) is 0 Å². The third kappa shape index (κ3) is 2.15. The van der Waals surface area contributed by atoms with Crippen molar-refractivity contribution in [2.45, 2.75) is 25.4 Å². The van der Waals surface area contributed by atoms with Gasteiger partial charge in [0.1, 0.15) is 6.04 Å². The van der Waals surface area contributed by atoms with Gasteiger partial charge in [-0.2, -0.15) is 5.26 Å². The van der Waals surface area contributed by atoms with Crippen molar-refractivity contribution in [2.24, 2.45) is 0 Å². The summed E-state index contributed by atoms with van der Waals surface area (Å²) in [7, 11) is 0. The molecule has 0 fully saturated rings. The highest BCUT2D eigenvalue weighted by molar-refractivity contribution is 5.20. The zero-order chi connectivity index (χ0) is 11.4. The normalized spacial score (nSPS) is 22.6. The highest BCUT2D eigenvalue weighted by Gasteiger charge is 2.24. The molecule has 1 aliphatic heterocycles. The Morgan fingerprint density at radius 2 is 2.06 bits per heavy atom. The van der Waals surface area contributed by atoms with E-state index in [0.29, 0.717) is 6.04 Å². The molecule has 16 heavy (non-hydrogen) atoms. The van der Waals surface area contributed by atoms with Gasteiger partial charge >= 0.3 is 0 Å². The van der Waals surface area contributed by atoms with Crippen molar-refractivity contribution in [3.8, 4) is 6.07 Å². The second-order valence-corrected chi connectivity index (χ2v) is 4.14. The maximum Gasteiger partial charge on any atom is 0.102 e. The summed E-state index contributed by atoms with van der Waals surface area (Å²) < 4.78 is 0. The summed E-state index contributed by atoms with van der Waals surface area (Å²) >= 11 is 0. The van der Waals surface area contributed by atoms with Gasteiger partial charge in [-0.25, -0.2) is 0 Å². The van der Waals surface area contributed by atoms with Crippen LogP contribution in [0.1, 0.15) is 24.9 Å². The minimum absolute atomic E-state index is 0.0141. The van der Waals surface area contributed by atoms with E-state index in [2.05, 4.69) is 42.2 Å². The second-order valence-electron chi connectivity index (χ2n) is 4.14. The molecule has 2 atom stereocenters. The van der Waals surface area contributed by atoms with E-state index in [4.69, 9.17) is 5.26 Å². The molecule has 82 valence electrons. The summed E-state index contributed by atoms with van der Waals surface area (Å²) in [5.41, 5.74) is 1.28. The molecule has 0 radical (unpaired) electrons. The first kappa shape index (κ1) is 10.9. The van der Waals surface area contributed by atoms with Crippen LogP contribution in [0.15, 0.2) is 42.5 Å². The van der Waals surface area contributed by atoms with Gasteiger partial charge in [-0.05, 0) is 18.9 Å². The zero-order valence-electron chi connectivity index (χ0n) is 9.50. The molecular weight excluding hydrogens is 196 g/mol. The van der Waals surface area contributed by atoms with E-state index in [9.17, 15) is 0 Å². The van der Waals surface area contributed by atoms with Crippen molar-refractivity contribution in [2.75, 3.05) is 6.54 Å². The molecule has 0 saturated heterocycles. The summed E-state index contributed by atoms with van der Waals surface area (Å²) in [6, 6.07) is 13.1. The van der Waals surface area contributed by atoms with Crippen LogP contribution in [0.3, 0.4) is 0 Å².